The highest BCUT2D eigenvalue weighted by Gasteiger charge is 2.53. The van der Waals surface area contributed by atoms with E-state index in [0.717, 1.165) is 0 Å². The molecule has 0 bridgehead atoms. The monoisotopic (exact) mass is 827 g/mol. The number of carbonyl (C=O) groups excluding carboxylic acids is 4. The van der Waals surface area contributed by atoms with Crippen LogP contribution in [0.5, 0.6) is 0 Å². The Morgan fingerprint density at radius 2 is 1.71 bits per heavy atom. The first-order chi connectivity index (χ1) is 27.2. The van der Waals surface area contributed by atoms with Gasteiger partial charge in [0.05, 0.1) is 36.9 Å². The molecule has 3 heterocycles. The summed E-state index contributed by atoms with van der Waals surface area (Å²) in [6.07, 6.45) is -4.11. The first-order valence-corrected chi connectivity index (χ1v) is 20.4. The van der Waals surface area contributed by atoms with E-state index in [1.807, 2.05) is 20.8 Å². The summed E-state index contributed by atoms with van der Waals surface area (Å²) in [5, 5.41) is 34.6. The van der Waals surface area contributed by atoms with Crippen LogP contribution in [0.1, 0.15) is 93.9 Å². The van der Waals surface area contributed by atoms with Crippen molar-refractivity contribution < 1.29 is 72.4 Å². The first-order valence-electron chi connectivity index (χ1n) is 20.4. The van der Waals surface area contributed by atoms with Crippen molar-refractivity contribution in [2.24, 2.45) is 17.8 Å². The highest BCUT2D eigenvalue weighted by Crippen LogP contribution is 2.38. The minimum Gasteiger partial charge on any atom is -0.462 e. The van der Waals surface area contributed by atoms with E-state index in [4.69, 9.17) is 37.9 Å². The fourth-order valence-corrected chi connectivity index (χ4v) is 8.08. The van der Waals surface area contributed by atoms with Crippen molar-refractivity contribution in [3.8, 4) is 0 Å². The van der Waals surface area contributed by atoms with E-state index < -0.39 is 121 Å². The van der Waals surface area contributed by atoms with E-state index in [1.165, 1.54) is 14.0 Å². The summed E-state index contributed by atoms with van der Waals surface area (Å²) in [5.74, 6) is -2.82. The van der Waals surface area contributed by atoms with E-state index >= 15 is 0 Å². The number of rotatable bonds is 12. The van der Waals surface area contributed by atoms with E-state index in [-0.39, 0.29) is 31.6 Å². The van der Waals surface area contributed by atoms with Gasteiger partial charge in [-0.25, -0.2) is 0 Å². The van der Waals surface area contributed by atoms with Gasteiger partial charge in [0.25, 0.3) is 0 Å². The third-order valence-electron chi connectivity index (χ3n) is 10.9. The molecule has 0 aliphatic carbocycles. The molecule has 58 heavy (non-hydrogen) atoms. The molecule has 0 spiro atoms. The third-order valence-corrected chi connectivity index (χ3v) is 10.9. The van der Waals surface area contributed by atoms with Crippen LogP contribution >= 0.6 is 0 Å². The number of carbonyl (C=O) groups is 4. The molecule has 16 atom stereocenters. The van der Waals surface area contributed by atoms with E-state index in [2.05, 4.69) is 0 Å². The quantitative estimate of drug-likeness (QED) is 0.147. The van der Waals surface area contributed by atoms with Gasteiger partial charge in [-0.2, -0.15) is 0 Å². The summed E-state index contributed by atoms with van der Waals surface area (Å²) in [7, 11) is 4.86. The molecule has 3 aliphatic heterocycles. The zero-order valence-corrected chi connectivity index (χ0v) is 36.1. The van der Waals surface area contributed by atoms with Crippen LogP contribution in [0.3, 0.4) is 0 Å². The molecule has 16 nitrogen and oxygen atoms in total. The molecule has 0 aromatic heterocycles. The SMILES string of the molecule is COC1[C@@H](O[C@@H]2O[C@H](C)[C@@H](O[C@H]3C[C@@](C)(O)[C@@H](OC(=O)CC(C)C)[C@H](C)O3)C(N(C)C)[C@H]2O)C(CC=O)C[C@@H](C)[C@@H](O)/C=C/C=C/C[C@@H](C)OC(=O)C[C@H]1OC(C)=O. The largest absolute Gasteiger partial charge is 0.462 e. The van der Waals surface area contributed by atoms with Crippen molar-refractivity contribution in [1.29, 1.82) is 0 Å². The van der Waals surface area contributed by atoms with Crippen LogP contribution in [0.25, 0.3) is 0 Å². The molecule has 332 valence electrons. The Labute approximate surface area is 343 Å². The molecule has 0 radical (unpaired) electrons. The molecule has 0 saturated carbocycles. The smallest absolute Gasteiger partial charge is 0.309 e. The Hall–Kier alpha value is -2.80. The standard InChI is InChI=1S/C42H69NO15/c1-23(2)19-32(47)56-40-27(6)53-34(22-42(40,8)50)57-37-26(5)54-41(36(49)35(37)43(9)10)58-38-29(17-18-44)20-24(3)30(46)16-14-12-13-15-25(4)52-33(48)21-31(39(38)51-11)55-28(7)45/h12-14,16,18,23-27,29-31,34-41,46,49-50H,15,17,19-22H2,1-11H3/b13-12+,16-14+/t24-,25-,26-,27+,29?,30+,31-,34+,35?,36-,37-,38+,39?,40+,41+,42-/m1/s1. The van der Waals surface area contributed by atoms with E-state index in [9.17, 15) is 34.5 Å². The van der Waals surface area contributed by atoms with Gasteiger partial charge in [0.2, 0.25) is 0 Å². The molecule has 3 rings (SSSR count). The second kappa shape index (κ2) is 22.7. The van der Waals surface area contributed by atoms with Gasteiger partial charge in [-0.3, -0.25) is 14.4 Å². The second-order valence-corrected chi connectivity index (χ2v) is 17.0. The lowest BCUT2D eigenvalue weighted by atomic mass is 9.82. The van der Waals surface area contributed by atoms with E-state index in [1.54, 1.807) is 71.0 Å². The zero-order chi connectivity index (χ0) is 43.5. The van der Waals surface area contributed by atoms with Crippen molar-refractivity contribution in [1.82, 2.24) is 4.90 Å². The van der Waals surface area contributed by atoms with Crippen molar-refractivity contribution in [3.63, 3.8) is 0 Å². The minimum atomic E-state index is -1.50. The van der Waals surface area contributed by atoms with Crippen LogP contribution in [-0.2, 0) is 57.1 Å². The summed E-state index contributed by atoms with van der Waals surface area (Å²) in [6, 6.07) is -0.782. The molecule has 2 saturated heterocycles. The van der Waals surface area contributed by atoms with Crippen LogP contribution in [0, 0.1) is 17.8 Å². The number of methoxy groups -OCH3 is 1. The number of hydrogen-bond acceptors (Lipinski definition) is 16. The lowest BCUT2D eigenvalue weighted by molar-refractivity contribution is -0.344. The number of nitrogens with zero attached hydrogens (tertiary/aromatic N) is 1. The number of aliphatic hydroxyl groups excluding tert-OH is 2. The van der Waals surface area contributed by atoms with Crippen molar-refractivity contribution >= 4 is 24.2 Å². The normalized spacial score (nSPS) is 40.7. The van der Waals surface area contributed by atoms with Crippen LogP contribution in [-0.4, -0.2) is 151 Å². The van der Waals surface area contributed by atoms with Gasteiger partial charge in [0.15, 0.2) is 18.7 Å². The number of aliphatic hydroxyl groups is 3. The van der Waals surface area contributed by atoms with Crippen molar-refractivity contribution in [2.45, 2.75) is 179 Å². The van der Waals surface area contributed by atoms with Crippen molar-refractivity contribution in [2.75, 3.05) is 21.2 Å². The molecule has 0 aromatic carbocycles. The maximum Gasteiger partial charge on any atom is 0.309 e. The molecule has 16 heteroatoms. The van der Waals surface area contributed by atoms with Gasteiger partial charge < -0.3 is 62.9 Å². The van der Waals surface area contributed by atoms with Crippen molar-refractivity contribution in [3.05, 3.63) is 24.3 Å². The van der Waals surface area contributed by atoms with E-state index in [0.29, 0.717) is 12.7 Å². The van der Waals surface area contributed by atoms with Gasteiger partial charge in [-0.15, -0.1) is 0 Å². The van der Waals surface area contributed by atoms with Crippen LogP contribution < -0.4 is 0 Å². The van der Waals surface area contributed by atoms with Gasteiger partial charge in [-0.05, 0) is 66.0 Å². The average Bonchev–Trinajstić information content (AvgIpc) is 3.09. The van der Waals surface area contributed by atoms with Crippen LogP contribution in [0.4, 0.5) is 0 Å². The molecule has 3 N–H and O–H groups in total. The Morgan fingerprint density at radius 1 is 1.02 bits per heavy atom. The predicted molar refractivity (Wildman–Crippen MR) is 210 cm³/mol. The summed E-state index contributed by atoms with van der Waals surface area (Å²) < 4.78 is 48.6. The Bertz CT molecular complexity index is 1390. The topological polar surface area (TPSA) is 206 Å². The Balaban J connectivity index is 1.98. The first kappa shape index (κ1) is 49.6. The molecule has 0 amide bonds. The highest BCUT2D eigenvalue weighted by molar-refractivity contribution is 5.72. The predicted octanol–water partition coefficient (Wildman–Crippen LogP) is 3.01. The summed E-state index contributed by atoms with van der Waals surface area (Å²) in [6.45, 7) is 13.5. The molecular formula is C42H69NO15. The van der Waals surface area contributed by atoms with Gasteiger partial charge in [0, 0.05) is 39.7 Å². The Kier molecular flexibility index (Phi) is 19.4. The second-order valence-electron chi connectivity index (χ2n) is 17.0. The number of ether oxygens (including phenoxy) is 8. The molecule has 3 unspecified atom stereocenters. The summed E-state index contributed by atoms with van der Waals surface area (Å²) >= 11 is 0. The molecule has 3 aliphatic rings. The average molecular weight is 828 g/mol. The summed E-state index contributed by atoms with van der Waals surface area (Å²) in [5.41, 5.74) is -1.50. The highest BCUT2D eigenvalue weighted by atomic mass is 16.7. The Morgan fingerprint density at radius 3 is 2.29 bits per heavy atom. The maximum atomic E-state index is 13.2. The fraction of sp³-hybridized carbons (Fsp3) is 0.810. The lowest BCUT2D eigenvalue weighted by Gasteiger charge is -2.50. The van der Waals surface area contributed by atoms with Crippen LogP contribution in [0.15, 0.2) is 24.3 Å². The molecule has 2 fully saturated rings. The number of aldehydes is 1. The fourth-order valence-electron chi connectivity index (χ4n) is 8.08. The number of likely N-dealkylation sites (N-methyl/N-ethyl adjacent to an activating group) is 1. The number of allylic oxidation sites excluding steroid dienone is 2. The summed E-state index contributed by atoms with van der Waals surface area (Å²) in [4.78, 5) is 52.3. The third kappa shape index (κ3) is 14.2. The number of hydrogen-bond donors (Lipinski definition) is 3. The lowest BCUT2D eigenvalue weighted by Crippen LogP contribution is -2.66. The maximum absolute atomic E-state index is 13.2. The minimum absolute atomic E-state index is 0.0460. The zero-order valence-electron chi connectivity index (χ0n) is 36.1. The van der Waals surface area contributed by atoms with Crippen LogP contribution in [0.2, 0.25) is 0 Å². The van der Waals surface area contributed by atoms with Gasteiger partial charge in [-0.1, -0.05) is 45.1 Å². The number of cyclic esters (lactones) is 1. The van der Waals surface area contributed by atoms with Gasteiger partial charge >= 0.3 is 17.9 Å². The number of esters is 3. The molecular weight excluding hydrogens is 758 g/mol. The molecule has 0 aromatic rings. The van der Waals surface area contributed by atoms with Gasteiger partial charge in [0.1, 0.15) is 42.4 Å².